The molecule has 0 saturated heterocycles. The second-order valence-corrected chi connectivity index (χ2v) is 11.3. The van der Waals surface area contributed by atoms with Crippen LogP contribution >= 0.6 is 0 Å². The van der Waals surface area contributed by atoms with Gasteiger partial charge in [-0.3, -0.25) is 4.79 Å². The van der Waals surface area contributed by atoms with E-state index in [0.717, 1.165) is 88.3 Å². The van der Waals surface area contributed by atoms with Crippen LogP contribution in [0.3, 0.4) is 0 Å². The molecular formula is C26H39N5O2. The van der Waals surface area contributed by atoms with Gasteiger partial charge >= 0.3 is 0 Å². The van der Waals surface area contributed by atoms with Crippen LogP contribution in [0.25, 0.3) is 10.9 Å². The molecule has 2 heterocycles. The highest BCUT2D eigenvalue weighted by atomic mass is 16.3. The van der Waals surface area contributed by atoms with Crippen LogP contribution < -0.4 is 16.6 Å². The lowest BCUT2D eigenvalue weighted by molar-refractivity contribution is 0.0292. The summed E-state index contributed by atoms with van der Waals surface area (Å²) in [6.45, 7) is 4.99. The second kappa shape index (κ2) is 8.66. The van der Waals surface area contributed by atoms with E-state index in [2.05, 4.69) is 30.3 Å². The summed E-state index contributed by atoms with van der Waals surface area (Å²) >= 11 is 0. The van der Waals surface area contributed by atoms with Gasteiger partial charge in [-0.2, -0.15) is 0 Å². The summed E-state index contributed by atoms with van der Waals surface area (Å²) in [6, 6.07) is 0.266. The Kier molecular flexibility index (Phi) is 5.98. The Morgan fingerprint density at radius 1 is 1.18 bits per heavy atom. The Balaban J connectivity index is 1.55. The zero-order valence-corrected chi connectivity index (χ0v) is 20.1. The summed E-state index contributed by atoms with van der Waals surface area (Å²) in [5.41, 5.74) is 8.68. The zero-order chi connectivity index (χ0) is 23.2. The quantitative estimate of drug-likeness (QED) is 0.609. The molecule has 33 heavy (non-hydrogen) atoms. The fourth-order valence-electron chi connectivity index (χ4n) is 6.29. The van der Waals surface area contributed by atoms with E-state index in [-0.39, 0.29) is 28.7 Å². The summed E-state index contributed by atoms with van der Waals surface area (Å²) in [7, 11) is 0. The van der Waals surface area contributed by atoms with E-state index in [4.69, 9.17) is 10.7 Å². The highest BCUT2D eigenvalue weighted by Gasteiger charge is 2.46. The van der Waals surface area contributed by atoms with Gasteiger partial charge in [0, 0.05) is 30.5 Å². The lowest BCUT2D eigenvalue weighted by atomic mass is 9.57. The van der Waals surface area contributed by atoms with E-state index in [9.17, 15) is 9.90 Å². The van der Waals surface area contributed by atoms with Gasteiger partial charge in [-0.25, -0.2) is 9.97 Å². The lowest BCUT2D eigenvalue weighted by Crippen LogP contribution is -2.53. The minimum absolute atomic E-state index is 0.0178. The van der Waals surface area contributed by atoms with Crippen LogP contribution in [0.5, 0.6) is 0 Å². The molecule has 1 atom stereocenters. The number of anilines is 1. The van der Waals surface area contributed by atoms with Gasteiger partial charge in [0.15, 0.2) is 0 Å². The van der Waals surface area contributed by atoms with Crippen molar-refractivity contribution in [2.24, 2.45) is 11.1 Å². The summed E-state index contributed by atoms with van der Waals surface area (Å²) in [5, 5.41) is 14.0. The number of hydrogen-bond acceptors (Lipinski definition) is 6. The number of nitrogens with one attached hydrogen (secondary N) is 1. The Morgan fingerprint density at radius 2 is 1.85 bits per heavy atom. The first-order valence-electron chi connectivity index (χ1n) is 12.9. The van der Waals surface area contributed by atoms with Gasteiger partial charge in [-0.1, -0.05) is 6.92 Å². The van der Waals surface area contributed by atoms with Gasteiger partial charge in [0.2, 0.25) is 5.95 Å². The van der Waals surface area contributed by atoms with Crippen molar-refractivity contribution in [2.45, 2.75) is 115 Å². The zero-order valence-electron chi connectivity index (χ0n) is 20.1. The SMILES string of the molecule is CC[C@H](C)Nc1ncc2c(=O)n(CC34CCC(N)(CC3)CC4)cc([C@H]3CC[C@H](O)CC3)c2n1. The molecule has 2 aromatic rings. The number of nitrogens with zero attached hydrogens (tertiary/aromatic N) is 3. The second-order valence-electron chi connectivity index (χ2n) is 11.3. The van der Waals surface area contributed by atoms with Crippen LogP contribution in [0, 0.1) is 5.41 Å². The molecule has 2 aromatic heterocycles. The molecule has 180 valence electrons. The van der Waals surface area contributed by atoms with E-state index in [1.54, 1.807) is 6.20 Å². The third-order valence-corrected chi connectivity index (χ3v) is 8.94. The molecule has 0 unspecified atom stereocenters. The molecule has 0 aromatic carbocycles. The maximum Gasteiger partial charge on any atom is 0.261 e. The van der Waals surface area contributed by atoms with Gasteiger partial charge < -0.3 is 20.7 Å². The number of pyridine rings is 1. The normalized spacial score (nSPS) is 32.7. The molecule has 0 radical (unpaired) electrons. The van der Waals surface area contributed by atoms with Gasteiger partial charge in [0.05, 0.1) is 17.0 Å². The summed E-state index contributed by atoms with van der Waals surface area (Å²) in [4.78, 5) is 23.0. The minimum Gasteiger partial charge on any atom is -0.393 e. The first kappa shape index (κ1) is 22.8. The molecule has 4 saturated carbocycles. The number of aromatic nitrogens is 3. The van der Waals surface area contributed by atoms with Crippen LogP contribution in [0.15, 0.2) is 17.2 Å². The predicted molar refractivity (Wildman–Crippen MR) is 131 cm³/mol. The van der Waals surface area contributed by atoms with Crippen LogP contribution in [0.4, 0.5) is 5.95 Å². The average molecular weight is 454 g/mol. The number of hydrogen-bond donors (Lipinski definition) is 3. The molecule has 2 bridgehead atoms. The maximum absolute atomic E-state index is 13.6. The van der Waals surface area contributed by atoms with Crippen LogP contribution in [0.1, 0.15) is 96.0 Å². The molecule has 0 aliphatic heterocycles. The fourth-order valence-corrected chi connectivity index (χ4v) is 6.29. The van der Waals surface area contributed by atoms with Gasteiger partial charge in [0.25, 0.3) is 5.56 Å². The fraction of sp³-hybridized carbons (Fsp3) is 0.731. The average Bonchev–Trinajstić information content (AvgIpc) is 2.82. The van der Waals surface area contributed by atoms with Crippen molar-refractivity contribution in [1.29, 1.82) is 0 Å². The number of nitrogens with two attached hydrogens (primary N) is 1. The first-order chi connectivity index (χ1) is 15.8. The Labute approximate surface area is 196 Å². The molecular weight excluding hydrogens is 414 g/mol. The molecule has 7 nitrogen and oxygen atoms in total. The van der Waals surface area contributed by atoms with Crippen LogP contribution in [-0.2, 0) is 6.54 Å². The Hall–Kier alpha value is -1.99. The molecule has 4 aliphatic carbocycles. The van der Waals surface area contributed by atoms with Gasteiger partial charge in [0.1, 0.15) is 0 Å². The smallest absolute Gasteiger partial charge is 0.261 e. The lowest BCUT2D eigenvalue weighted by Gasteiger charge is -2.52. The highest BCUT2D eigenvalue weighted by Crippen LogP contribution is 2.52. The molecule has 4 fully saturated rings. The molecule has 7 heteroatoms. The van der Waals surface area contributed by atoms with Crippen molar-refractivity contribution in [3.63, 3.8) is 0 Å². The van der Waals surface area contributed by atoms with Crippen LogP contribution in [0.2, 0.25) is 0 Å². The number of fused-ring (bicyclic) bond motifs is 4. The molecule has 0 spiro atoms. The first-order valence-corrected chi connectivity index (χ1v) is 12.9. The van der Waals surface area contributed by atoms with Gasteiger partial charge in [-0.15, -0.1) is 0 Å². The molecule has 6 rings (SSSR count). The maximum atomic E-state index is 13.6. The van der Waals surface area contributed by atoms with E-state index >= 15 is 0 Å². The molecule has 4 N–H and O–H groups in total. The van der Waals surface area contributed by atoms with E-state index < -0.39 is 0 Å². The largest absolute Gasteiger partial charge is 0.393 e. The van der Waals surface area contributed by atoms with Crippen molar-refractivity contribution in [3.8, 4) is 0 Å². The topological polar surface area (TPSA) is 106 Å². The van der Waals surface area contributed by atoms with Crippen LogP contribution in [-0.4, -0.2) is 37.3 Å². The predicted octanol–water partition coefficient (Wildman–Crippen LogP) is 4.07. The minimum atomic E-state index is -0.212. The van der Waals surface area contributed by atoms with E-state index in [1.165, 1.54) is 0 Å². The Morgan fingerprint density at radius 3 is 2.48 bits per heavy atom. The van der Waals surface area contributed by atoms with Crippen molar-refractivity contribution in [2.75, 3.05) is 5.32 Å². The third kappa shape index (κ3) is 4.42. The molecule has 4 aliphatic rings. The summed E-state index contributed by atoms with van der Waals surface area (Å²) in [6.07, 6.45) is 14.5. The number of aliphatic hydroxyl groups excluding tert-OH is 1. The van der Waals surface area contributed by atoms with Crippen molar-refractivity contribution >= 4 is 16.9 Å². The van der Waals surface area contributed by atoms with E-state index in [1.807, 2.05) is 4.57 Å². The summed E-state index contributed by atoms with van der Waals surface area (Å²) < 4.78 is 1.96. The van der Waals surface area contributed by atoms with Gasteiger partial charge in [-0.05, 0) is 94.4 Å². The summed E-state index contributed by atoms with van der Waals surface area (Å²) in [5.74, 6) is 0.893. The Bertz CT molecular complexity index is 1050. The monoisotopic (exact) mass is 453 g/mol. The molecule has 0 amide bonds. The third-order valence-electron chi connectivity index (χ3n) is 8.94. The number of rotatable bonds is 6. The standard InChI is InChI=1S/C26H39N5O2/c1-3-17(2)29-24-28-14-20-22(30-24)21(18-4-6-19(32)7-5-18)15-31(23(20)33)16-25-8-11-26(27,12-9-25)13-10-25/h14-15,17-19,32H,3-13,16,27H2,1-2H3,(H,28,29,30)/t17-,18-,19-,25?,26?/m0/s1. The number of aliphatic hydroxyl groups is 1. The van der Waals surface area contributed by atoms with Crippen molar-refractivity contribution in [1.82, 2.24) is 14.5 Å². The highest BCUT2D eigenvalue weighted by molar-refractivity contribution is 5.81. The van der Waals surface area contributed by atoms with Crippen molar-refractivity contribution in [3.05, 3.63) is 28.3 Å². The van der Waals surface area contributed by atoms with E-state index in [0.29, 0.717) is 17.3 Å². The van der Waals surface area contributed by atoms with Crippen molar-refractivity contribution < 1.29 is 5.11 Å².